The molecule has 106 valence electrons. The Morgan fingerprint density at radius 3 is 2.68 bits per heavy atom. The molecular formula is C13H18FNO3S. The molecule has 0 spiro atoms. The van der Waals surface area contributed by atoms with Crippen LogP contribution in [-0.2, 0) is 10.5 Å². The minimum absolute atomic E-state index is 0.190. The highest BCUT2D eigenvalue weighted by atomic mass is 32.2. The molecule has 0 radical (unpaired) electrons. The number of benzene rings is 1. The molecule has 4 nitrogen and oxygen atoms in total. The van der Waals surface area contributed by atoms with E-state index in [0.717, 1.165) is 5.56 Å². The average Bonchev–Trinajstić information content (AvgIpc) is 2.35. The molecule has 3 N–H and O–H groups in total. The smallest absolute Gasteiger partial charge is 0.321 e. The molecule has 0 aliphatic carbocycles. The highest BCUT2D eigenvalue weighted by Gasteiger charge is 2.32. The van der Waals surface area contributed by atoms with Gasteiger partial charge in [0, 0.05) is 10.5 Å². The zero-order valence-corrected chi connectivity index (χ0v) is 12.0. The molecule has 0 unspecified atom stereocenters. The van der Waals surface area contributed by atoms with Gasteiger partial charge >= 0.3 is 5.97 Å². The van der Waals surface area contributed by atoms with Crippen molar-refractivity contribution in [1.29, 1.82) is 0 Å². The second-order valence-corrected chi connectivity index (χ2v) is 6.31. The summed E-state index contributed by atoms with van der Waals surface area (Å²) in [6.07, 6.45) is 0. The maximum Gasteiger partial charge on any atom is 0.321 e. The molecule has 0 fully saturated rings. The Balaban J connectivity index is 2.71. The van der Waals surface area contributed by atoms with E-state index >= 15 is 0 Å². The Labute approximate surface area is 116 Å². The number of hydrogen-bond donors (Lipinski definition) is 2. The minimum Gasteiger partial charge on any atom is -0.494 e. The molecular weight excluding hydrogens is 269 g/mol. The van der Waals surface area contributed by atoms with Gasteiger partial charge in [-0.1, -0.05) is 6.07 Å². The summed E-state index contributed by atoms with van der Waals surface area (Å²) in [4.78, 5) is 10.9. The van der Waals surface area contributed by atoms with Gasteiger partial charge in [-0.25, -0.2) is 4.39 Å². The van der Waals surface area contributed by atoms with Crippen LogP contribution in [0.5, 0.6) is 5.75 Å². The number of nitrogens with two attached hydrogens (primary N) is 1. The zero-order valence-electron chi connectivity index (χ0n) is 11.1. The molecule has 1 atom stereocenters. The normalized spacial score (nSPS) is 13.1. The average molecular weight is 287 g/mol. The lowest BCUT2D eigenvalue weighted by atomic mass is 10.1. The van der Waals surface area contributed by atoms with Gasteiger partial charge in [-0.05, 0) is 31.5 Å². The van der Waals surface area contributed by atoms with Crippen LogP contribution < -0.4 is 10.5 Å². The van der Waals surface area contributed by atoms with Crippen LogP contribution in [0.2, 0.25) is 0 Å². The van der Waals surface area contributed by atoms with E-state index in [-0.39, 0.29) is 5.75 Å². The van der Waals surface area contributed by atoms with Gasteiger partial charge in [0.1, 0.15) is 6.04 Å². The monoisotopic (exact) mass is 287 g/mol. The topological polar surface area (TPSA) is 72.5 Å². The van der Waals surface area contributed by atoms with Crippen molar-refractivity contribution in [2.75, 3.05) is 7.11 Å². The van der Waals surface area contributed by atoms with Gasteiger partial charge in [-0.3, -0.25) is 4.79 Å². The summed E-state index contributed by atoms with van der Waals surface area (Å²) < 4.78 is 17.7. The van der Waals surface area contributed by atoms with Crippen LogP contribution >= 0.6 is 11.8 Å². The Morgan fingerprint density at radius 2 is 2.21 bits per heavy atom. The number of rotatable bonds is 6. The summed E-state index contributed by atoms with van der Waals surface area (Å²) in [5.41, 5.74) is 6.38. The molecule has 1 rings (SSSR count). The number of carboxylic acids is 1. The third-order valence-corrected chi connectivity index (χ3v) is 4.32. The molecule has 0 aromatic heterocycles. The van der Waals surface area contributed by atoms with E-state index in [1.165, 1.54) is 24.9 Å². The van der Waals surface area contributed by atoms with Gasteiger partial charge < -0.3 is 15.6 Å². The highest BCUT2D eigenvalue weighted by molar-refractivity contribution is 7.99. The van der Waals surface area contributed by atoms with Crippen LogP contribution in [0.15, 0.2) is 18.2 Å². The first-order valence-corrected chi connectivity index (χ1v) is 6.71. The minimum atomic E-state index is -1.04. The van der Waals surface area contributed by atoms with Crippen molar-refractivity contribution in [3.63, 3.8) is 0 Å². The predicted octanol–water partition coefficient (Wildman–Crippen LogP) is 2.26. The van der Waals surface area contributed by atoms with Crippen molar-refractivity contribution in [3.05, 3.63) is 29.6 Å². The number of halogens is 1. The van der Waals surface area contributed by atoms with Crippen LogP contribution in [0, 0.1) is 5.82 Å². The first-order chi connectivity index (χ1) is 8.77. The fraction of sp³-hybridized carbons (Fsp3) is 0.462. The lowest BCUT2D eigenvalue weighted by Crippen LogP contribution is -2.46. The number of ether oxygens (including phenoxy) is 1. The highest BCUT2D eigenvalue weighted by Crippen LogP contribution is 2.31. The fourth-order valence-electron chi connectivity index (χ4n) is 1.46. The van der Waals surface area contributed by atoms with Crippen molar-refractivity contribution in [3.8, 4) is 5.75 Å². The van der Waals surface area contributed by atoms with Gasteiger partial charge in [-0.2, -0.15) is 0 Å². The summed E-state index contributed by atoms with van der Waals surface area (Å²) in [6.45, 7) is 3.52. The van der Waals surface area contributed by atoms with Crippen LogP contribution in [0.1, 0.15) is 19.4 Å². The van der Waals surface area contributed by atoms with Crippen molar-refractivity contribution in [2.45, 2.75) is 30.4 Å². The standard InChI is InChI=1S/C13H18FNO3S/c1-13(2,11(15)12(16)17)19-7-8-4-5-10(18-3)9(14)6-8/h4-6,11H,7,15H2,1-3H3,(H,16,17)/t11-/m1/s1. The van der Waals surface area contributed by atoms with Crippen LogP contribution in [0.3, 0.4) is 0 Å². The lowest BCUT2D eigenvalue weighted by Gasteiger charge is -2.28. The van der Waals surface area contributed by atoms with E-state index in [9.17, 15) is 9.18 Å². The zero-order chi connectivity index (χ0) is 14.6. The summed E-state index contributed by atoms with van der Waals surface area (Å²) >= 11 is 1.38. The van der Waals surface area contributed by atoms with E-state index in [1.807, 2.05) is 0 Å². The van der Waals surface area contributed by atoms with Gasteiger partial charge in [0.05, 0.1) is 7.11 Å². The third-order valence-electron chi connectivity index (χ3n) is 2.84. The first-order valence-electron chi connectivity index (χ1n) is 5.72. The Morgan fingerprint density at radius 1 is 1.58 bits per heavy atom. The molecule has 19 heavy (non-hydrogen) atoms. The maximum atomic E-state index is 13.5. The fourth-order valence-corrected chi connectivity index (χ4v) is 2.45. The molecule has 0 heterocycles. The summed E-state index contributed by atoms with van der Waals surface area (Å²) in [6, 6.07) is 3.71. The van der Waals surface area contributed by atoms with E-state index in [1.54, 1.807) is 26.0 Å². The molecule has 0 bridgehead atoms. The SMILES string of the molecule is COc1ccc(CSC(C)(C)[C@H](N)C(=O)O)cc1F. The summed E-state index contributed by atoms with van der Waals surface area (Å²) in [5.74, 6) is -0.802. The molecule has 0 saturated heterocycles. The van der Waals surface area contributed by atoms with Gasteiger partial charge in [-0.15, -0.1) is 11.8 Å². The number of aliphatic carboxylic acids is 1. The van der Waals surface area contributed by atoms with Crippen LogP contribution in [-0.4, -0.2) is 29.0 Å². The van der Waals surface area contributed by atoms with Crippen molar-refractivity contribution in [2.24, 2.45) is 5.73 Å². The number of methoxy groups -OCH3 is 1. The van der Waals surface area contributed by atoms with Gasteiger partial charge in [0.25, 0.3) is 0 Å². The molecule has 6 heteroatoms. The number of thioether (sulfide) groups is 1. The van der Waals surface area contributed by atoms with Crippen molar-refractivity contribution < 1.29 is 19.0 Å². The molecule has 0 saturated carbocycles. The van der Waals surface area contributed by atoms with Gasteiger partial charge in [0.2, 0.25) is 0 Å². The van der Waals surface area contributed by atoms with E-state index < -0.39 is 22.6 Å². The summed E-state index contributed by atoms with van der Waals surface area (Å²) in [7, 11) is 1.40. The van der Waals surface area contributed by atoms with E-state index in [2.05, 4.69) is 0 Å². The molecule has 1 aromatic rings. The largest absolute Gasteiger partial charge is 0.494 e. The maximum absolute atomic E-state index is 13.5. The Bertz CT molecular complexity index is 465. The second-order valence-electron chi connectivity index (χ2n) is 4.68. The van der Waals surface area contributed by atoms with E-state index in [0.29, 0.717) is 5.75 Å². The molecule has 0 aliphatic rings. The summed E-state index contributed by atoms with van der Waals surface area (Å²) in [5, 5.41) is 8.91. The van der Waals surface area contributed by atoms with E-state index in [4.69, 9.17) is 15.6 Å². The first kappa shape index (κ1) is 15.8. The number of hydrogen-bond acceptors (Lipinski definition) is 4. The number of carboxylic acid groups (broad SMARTS) is 1. The predicted molar refractivity (Wildman–Crippen MR) is 73.9 cm³/mol. The van der Waals surface area contributed by atoms with Crippen molar-refractivity contribution >= 4 is 17.7 Å². The Hall–Kier alpha value is -1.27. The van der Waals surface area contributed by atoms with Crippen LogP contribution in [0.4, 0.5) is 4.39 Å². The third kappa shape index (κ3) is 4.11. The lowest BCUT2D eigenvalue weighted by molar-refractivity contribution is -0.139. The van der Waals surface area contributed by atoms with Crippen LogP contribution in [0.25, 0.3) is 0 Å². The molecule has 1 aromatic carbocycles. The van der Waals surface area contributed by atoms with Crippen molar-refractivity contribution in [1.82, 2.24) is 0 Å². The van der Waals surface area contributed by atoms with Gasteiger partial charge in [0.15, 0.2) is 11.6 Å². The second kappa shape index (κ2) is 6.25. The Kier molecular flexibility index (Phi) is 5.20. The molecule has 0 aliphatic heterocycles. The molecule has 0 amide bonds. The quantitative estimate of drug-likeness (QED) is 0.839. The number of carbonyl (C=O) groups is 1.